The summed E-state index contributed by atoms with van der Waals surface area (Å²) in [7, 11) is 1.59. The van der Waals surface area contributed by atoms with Gasteiger partial charge in [-0.3, -0.25) is 5.10 Å². The molecule has 0 aliphatic carbocycles. The first-order valence-electron chi connectivity index (χ1n) is 6.39. The van der Waals surface area contributed by atoms with Crippen molar-refractivity contribution in [2.75, 3.05) is 20.3 Å². The van der Waals surface area contributed by atoms with Crippen molar-refractivity contribution >= 4 is 5.97 Å². The summed E-state index contributed by atoms with van der Waals surface area (Å²) in [4.78, 5) is 10.9. The molecule has 2 N–H and O–H groups in total. The maximum Gasteiger partial charge on any atom is 0.353 e. The second-order valence-electron chi connectivity index (χ2n) is 4.56. The predicted molar refractivity (Wildman–Crippen MR) is 72.7 cm³/mol. The van der Waals surface area contributed by atoms with Gasteiger partial charge in [-0.2, -0.15) is 5.10 Å². The summed E-state index contributed by atoms with van der Waals surface area (Å²) in [6.07, 6.45) is 0. The molecule has 0 atom stereocenters. The third-order valence-corrected chi connectivity index (χ3v) is 3.15. The average Bonchev–Trinajstić information content (AvgIpc) is 2.97. The Morgan fingerprint density at radius 3 is 2.67 bits per heavy atom. The highest BCUT2D eigenvalue weighted by Gasteiger charge is 2.19. The summed E-state index contributed by atoms with van der Waals surface area (Å²) in [5.41, 5.74) is 2.16. The highest BCUT2D eigenvalue weighted by Crippen LogP contribution is 2.37. The number of benzene rings is 1. The number of nitrogens with one attached hydrogen (secondary N) is 1. The molecule has 7 nitrogen and oxygen atoms in total. The summed E-state index contributed by atoms with van der Waals surface area (Å²) >= 11 is 0. The third-order valence-electron chi connectivity index (χ3n) is 3.15. The fourth-order valence-electron chi connectivity index (χ4n) is 2.21. The number of methoxy groups -OCH3 is 1. The molecule has 0 unspecified atom stereocenters. The van der Waals surface area contributed by atoms with E-state index in [-0.39, 0.29) is 5.69 Å². The van der Waals surface area contributed by atoms with Crippen LogP contribution >= 0.6 is 0 Å². The molecule has 21 heavy (non-hydrogen) atoms. The Morgan fingerprint density at radius 1 is 1.33 bits per heavy atom. The van der Waals surface area contributed by atoms with E-state index in [1.54, 1.807) is 13.2 Å². The van der Waals surface area contributed by atoms with Crippen molar-refractivity contribution in [3.8, 4) is 22.8 Å². The van der Waals surface area contributed by atoms with Crippen molar-refractivity contribution in [1.29, 1.82) is 0 Å². The van der Waals surface area contributed by atoms with Crippen LogP contribution in [0.15, 0.2) is 18.2 Å². The molecule has 0 radical (unpaired) electrons. The number of ether oxygens (including phenoxy) is 3. The molecule has 7 heteroatoms. The van der Waals surface area contributed by atoms with Crippen LogP contribution in [0.2, 0.25) is 0 Å². The highest BCUT2D eigenvalue weighted by molar-refractivity contribution is 5.87. The van der Waals surface area contributed by atoms with Crippen molar-refractivity contribution in [2.45, 2.75) is 6.61 Å². The molecular formula is C14H14N2O5. The monoisotopic (exact) mass is 290 g/mol. The zero-order chi connectivity index (χ0) is 14.8. The van der Waals surface area contributed by atoms with E-state index in [1.807, 2.05) is 6.07 Å². The van der Waals surface area contributed by atoms with Crippen LogP contribution in [0.3, 0.4) is 0 Å². The molecule has 0 spiro atoms. The number of hydrogen-bond acceptors (Lipinski definition) is 5. The first kappa shape index (κ1) is 13.4. The van der Waals surface area contributed by atoms with E-state index >= 15 is 0 Å². The van der Waals surface area contributed by atoms with Gasteiger partial charge in [-0.25, -0.2) is 4.79 Å². The van der Waals surface area contributed by atoms with Gasteiger partial charge in [-0.1, -0.05) is 0 Å². The van der Waals surface area contributed by atoms with Crippen molar-refractivity contribution in [3.63, 3.8) is 0 Å². The minimum absolute atomic E-state index is 0.0308. The maximum absolute atomic E-state index is 10.9. The van der Waals surface area contributed by atoms with Gasteiger partial charge < -0.3 is 19.3 Å². The molecule has 0 saturated heterocycles. The molecule has 0 fully saturated rings. The Hall–Kier alpha value is -2.54. The minimum Gasteiger partial charge on any atom is -0.486 e. The highest BCUT2D eigenvalue weighted by atomic mass is 16.6. The summed E-state index contributed by atoms with van der Waals surface area (Å²) in [6, 6.07) is 5.11. The molecule has 0 bridgehead atoms. The topological polar surface area (TPSA) is 93.7 Å². The van der Waals surface area contributed by atoms with Crippen LogP contribution in [-0.2, 0) is 11.3 Å². The molecule has 1 aliphatic heterocycles. The second kappa shape index (κ2) is 5.45. The molecule has 3 rings (SSSR count). The number of aromatic amines is 1. The number of carbonyl (C=O) groups is 1. The van der Waals surface area contributed by atoms with Gasteiger partial charge in [0.1, 0.15) is 18.9 Å². The van der Waals surface area contributed by atoms with Crippen molar-refractivity contribution in [3.05, 3.63) is 29.5 Å². The Bertz CT molecular complexity index is 680. The Kier molecular flexibility index (Phi) is 3.49. The van der Waals surface area contributed by atoms with Crippen LogP contribution in [0.5, 0.6) is 11.5 Å². The van der Waals surface area contributed by atoms with Gasteiger partial charge in [0.25, 0.3) is 0 Å². The number of H-pyrrole nitrogens is 1. The lowest BCUT2D eigenvalue weighted by Crippen LogP contribution is -2.15. The molecule has 0 saturated carbocycles. The van der Waals surface area contributed by atoms with Crippen LogP contribution in [0.25, 0.3) is 11.3 Å². The smallest absolute Gasteiger partial charge is 0.353 e. The molecule has 0 amide bonds. The zero-order valence-electron chi connectivity index (χ0n) is 11.4. The number of carboxylic acids is 1. The zero-order valence-corrected chi connectivity index (χ0v) is 11.4. The molecule has 1 aromatic heterocycles. The van der Waals surface area contributed by atoms with Gasteiger partial charge in [0.15, 0.2) is 11.5 Å². The molecule has 1 aliphatic rings. The van der Waals surface area contributed by atoms with Crippen LogP contribution in [-0.4, -0.2) is 41.6 Å². The standard InChI is InChI=1S/C14H14N2O5/c1-19-7-8-4-12-13(21-3-2-20-12)5-9(8)10-6-11(14(17)18)16-15-10/h4-6H,2-3,7H2,1H3,(H,15,16)(H,17,18). The quantitative estimate of drug-likeness (QED) is 0.890. The van der Waals surface area contributed by atoms with Gasteiger partial charge in [0, 0.05) is 12.7 Å². The molecule has 110 valence electrons. The van der Waals surface area contributed by atoms with E-state index in [0.29, 0.717) is 37.0 Å². The number of aromatic carboxylic acids is 1. The maximum atomic E-state index is 10.9. The molecule has 2 heterocycles. The summed E-state index contributed by atoms with van der Waals surface area (Å²) in [5, 5.41) is 15.5. The van der Waals surface area contributed by atoms with Crippen molar-refractivity contribution in [2.24, 2.45) is 0 Å². The van der Waals surface area contributed by atoms with E-state index < -0.39 is 5.97 Å². The number of nitrogens with zero attached hydrogens (tertiary/aromatic N) is 1. The van der Waals surface area contributed by atoms with E-state index in [4.69, 9.17) is 19.3 Å². The van der Waals surface area contributed by atoms with Crippen molar-refractivity contribution in [1.82, 2.24) is 10.2 Å². The summed E-state index contributed by atoms with van der Waals surface area (Å²) < 4.78 is 16.3. The summed E-state index contributed by atoms with van der Waals surface area (Å²) in [6.45, 7) is 1.35. The van der Waals surface area contributed by atoms with E-state index in [9.17, 15) is 4.79 Å². The largest absolute Gasteiger partial charge is 0.486 e. The fourth-order valence-corrected chi connectivity index (χ4v) is 2.21. The molecule has 1 aromatic carbocycles. The average molecular weight is 290 g/mol. The van der Waals surface area contributed by atoms with Crippen molar-refractivity contribution < 1.29 is 24.1 Å². The Labute approximate surface area is 120 Å². The second-order valence-corrected chi connectivity index (χ2v) is 4.56. The number of hydrogen-bond donors (Lipinski definition) is 2. The lowest BCUT2D eigenvalue weighted by molar-refractivity contribution is 0.0690. The van der Waals surface area contributed by atoms with Crippen LogP contribution in [0.1, 0.15) is 16.1 Å². The van der Waals surface area contributed by atoms with Gasteiger partial charge in [0.2, 0.25) is 0 Å². The predicted octanol–water partition coefficient (Wildman–Crippen LogP) is 1.69. The number of aromatic nitrogens is 2. The van der Waals surface area contributed by atoms with Gasteiger partial charge in [-0.15, -0.1) is 0 Å². The number of rotatable bonds is 4. The SMILES string of the molecule is COCc1cc2c(cc1-c1cc(C(=O)O)[nH]n1)OCCO2. The summed E-state index contributed by atoms with van der Waals surface area (Å²) in [5.74, 6) is 0.224. The minimum atomic E-state index is -1.06. The normalized spacial score (nSPS) is 13.2. The first-order chi connectivity index (χ1) is 10.2. The van der Waals surface area contributed by atoms with Gasteiger partial charge in [-0.05, 0) is 23.8 Å². The molecular weight excluding hydrogens is 276 g/mol. The van der Waals surface area contributed by atoms with Crippen LogP contribution in [0.4, 0.5) is 0 Å². The third kappa shape index (κ3) is 2.55. The lowest BCUT2D eigenvalue weighted by Gasteiger charge is -2.20. The van der Waals surface area contributed by atoms with Crippen LogP contribution < -0.4 is 9.47 Å². The van der Waals surface area contributed by atoms with Crippen LogP contribution in [0, 0.1) is 0 Å². The Balaban J connectivity index is 2.07. The number of carboxylic acid groups (broad SMARTS) is 1. The van der Waals surface area contributed by atoms with E-state index in [1.165, 1.54) is 6.07 Å². The first-order valence-corrected chi connectivity index (χ1v) is 6.39. The number of fused-ring (bicyclic) bond motifs is 1. The fraction of sp³-hybridized carbons (Fsp3) is 0.286. The molecule has 2 aromatic rings. The van der Waals surface area contributed by atoms with Gasteiger partial charge in [0.05, 0.1) is 12.3 Å². The van der Waals surface area contributed by atoms with E-state index in [0.717, 1.165) is 11.1 Å². The lowest BCUT2D eigenvalue weighted by atomic mass is 10.0. The Morgan fingerprint density at radius 2 is 2.05 bits per heavy atom. The van der Waals surface area contributed by atoms with Gasteiger partial charge >= 0.3 is 5.97 Å². The van der Waals surface area contributed by atoms with E-state index in [2.05, 4.69) is 10.2 Å².